The Morgan fingerprint density at radius 2 is 2.17 bits per heavy atom. The van der Waals surface area contributed by atoms with Crippen LogP contribution in [0.3, 0.4) is 0 Å². The van der Waals surface area contributed by atoms with Crippen LogP contribution in [-0.2, 0) is 11.2 Å². The highest BCUT2D eigenvalue weighted by Gasteiger charge is 2.25. The van der Waals surface area contributed by atoms with Crippen molar-refractivity contribution in [2.75, 3.05) is 17.2 Å². The molecule has 0 bridgehead atoms. The number of aryl methyl sites for hydroxylation is 1. The van der Waals surface area contributed by atoms with Crippen molar-refractivity contribution in [2.24, 2.45) is 0 Å². The lowest BCUT2D eigenvalue weighted by Crippen LogP contribution is -2.38. The van der Waals surface area contributed by atoms with Gasteiger partial charge in [-0.1, -0.05) is 30.0 Å². The Kier molecular flexibility index (Phi) is 4.16. The molecule has 0 spiro atoms. The van der Waals surface area contributed by atoms with Crippen LogP contribution in [0.15, 0.2) is 46.8 Å². The highest BCUT2D eigenvalue weighted by atomic mass is 32.2. The van der Waals surface area contributed by atoms with Crippen molar-refractivity contribution in [3.05, 3.63) is 48.0 Å². The van der Waals surface area contributed by atoms with E-state index in [1.807, 2.05) is 24.3 Å². The van der Waals surface area contributed by atoms with E-state index in [9.17, 15) is 4.79 Å². The number of thioether (sulfide) groups is 1. The third-order valence-electron chi connectivity index (χ3n) is 4.18. The van der Waals surface area contributed by atoms with Gasteiger partial charge in [-0.15, -0.1) is 11.3 Å². The first kappa shape index (κ1) is 15.5. The molecule has 0 radical (unpaired) electrons. The molecule has 0 saturated carbocycles. The molecule has 0 aliphatic carbocycles. The quantitative estimate of drug-likeness (QED) is 0.436. The van der Waals surface area contributed by atoms with Gasteiger partial charge in [0.2, 0.25) is 0 Å². The molecule has 0 fully saturated rings. The fraction of sp³-hybridized carbons (Fsp3) is 0.222. The average molecular weight is 355 g/mol. The average Bonchev–Trinajstić information content (AvgIpc) is 3.01. The number of hydrogen-bond acceptors (Lipinski definition) is 6. The van der Waals surface area contributed by atoms with Gasteiger partial charge in [-0.25, -0.2) is 4.98 Å². The van der Waals surface area contributed by atoms with Crippen molar-refractivity contribution in [1.29, 1.82) is 0 Å². The van der Waals surface area contributed by atoms with E-state index in [-0.39, 0.29) is 5.37 Å². The summed E-state index contributed by atoms with van der Waals surface area (Å²) in [4.78, 5) is 18.6. The fourth-order valence-corrected chi connectivity index (χ4v) is 5.26. The molecule has 2 aromatic carbocycles. The molecule has 24 heavy (non-hydrogen) atoms. The molecule has 4 nitrogen and oxygen atoms in total. The number of anilines is 2. The van der Waals surface area contributed by atoms with Gasteiger partial charge in [0.15, 0.2) is 10.6 Å². The van der Waals surface area contributed by atoms with Crippen LogP contribution in [0.4, 0.5) is 11.4 Å². The topological polar surface area (TPSA) is 59.2 Å². The zero-order valence-corrected chi connectivity index (χ0v) is 14.6. The van der Waals surface area contributed by atoms with Gasteiger partial charge in [0.25, 0.3) is 0 Å². The number of aromatic nitrogens is 1. The van der Waals surface area contributed by atoms with Gasteiger partial charge in [-0.3, -0.25) is 0 Å². The van der Waals surface area contributed by atoms with E-state index in [0.717, 1.165) is 40.2 Å². The van der Waals surface area contributed by atoms with Gasteiger partial charge in [0.1, 0.15) is 5.37 Å². The first-order chi connectivity index (χ1) is 11.7. The molecule has 1 unspecified atom stereocenters. The molecule has 1 aliphatic rings. The van der Waals surface area contributed by atoms with E-state index in [0.29, 0.717) is 5.69 Å². The predicted molar refractivity (Wildman–Crippen MR) is 102 cm³/mol. The van der Waals surface area contributed by atoms with Crippen molar-refractivity contribution in [3.8, 4) is 0 Å². The van der Waals surface area contributed by atoms with Gasteiger partial charge in [0, 0.05) is 17.9 Å². The van der Waals surface area contributed by atoms with Crippen molar-refractivity contribution in [2.45, 2.75) is 22.6 Å². The number of carbonyl (C=O) groups excluding carboxylic acids is 1. The number of fused-ring (bicyclic) bond motifs is 2. The van der Waals surface area contributed by atoms with Crippen molar-refractivity contribution in [3.63, 3.8) is 0 Å². The summed E-state index contributed by atoms with van der Waals surface area (Å²) in [7, 11) is 0. The standard InChI is InChI=1S/C18H17N3OS2/c19-13-7-8-16-14(10-13)20-18(23-16)24-17(11-22)21-9-3-5-12-4-1-2-6-15(12)21/h1-2,4,6-8,10-11,17H,3,5,9,19H2. The molecule has 2 N–H and O–H groups in total. The number of aldehydes is 1. The number of hydrogen-bond donors (Lipinski definition) is 1. The minimum Gasteiger partial charge on any atom is -0.399 e. The number of benzene rings is 2. The summed E-state index contributed by atoms with van der Waals surface area (Å²) in [6.07, 6.45) is 3.16. The Hall–Kier alpha value is -2.05. The zero-order valence-electron chi connectivity index (χ0n) is 13.0. The summed E-state index contributed by atoms with van der Waals surface area (Å²) in [5, 5.41) is -0.260. The van der Waals surface area contributed by atoms with Crippen LogP contribution in [0.5, 0.6) is 0 Å². The first-order valence-corrected chi connectivity index (χ1v) is 9.57. The number of para-hydroxylation sites is 1. The third kappa shape index (κ3) is 2.87. The summed E-state index contributed by atoms with van der Waals surface area (Å²) in [5.74, 6) is 0. The molecular weight excluding hydrogens is 338 g/mol. The number of nitrogen functional groups attached to an aromatic ring is 1. The molecule has 1 aliphatic heterocycles. The molecule has 0 saturated heterocycles. The van der Waals surface area contributed by atoms with E-state index < -0.39 is 0 Å². The molecule has 2 heterocycles. The molecule has 0 amide bonds. The first-order valence-electron chi connectivity index (χ1n) is 7.87. The lowest BCUT2D eigenvalue weighted by Gasteiger charge is -2.34. The molecule has 1 atom stereocenters. The Morgan fingerprint density at radius 1 is 1.29 bits per heavy atom. The second-order valence-corrected chi connectivity index (χ2v) is 8.17. The highest BCUT2D eigenvalue weighted by Crippen LogP contribution is 2.37. The van der Waals surface area contributed by atoms with E-state index in [1.165, 1.54) is 23.0 Å². The normalized spacial score (nSPS) is 15.2. The van der Waals surface area contributed by atoms with Crippen LogP contribution in [0, 0.1) is 0 Å². The smallest absolute Gasteiger partial charge is 0.153 e. The van der Waals surface area contributed by atoms with Gasteiger partial charge in [-0.2, -0.15) is 0 Å². The number of thiazole rings is 1. The monoisotopic (exact) mass is 355 g/mol. The minimum absolute atomic E-state index is 0.260. The number of nitrogens with two attached hydrogens (primary N) is 1. The second kappa shape index (κ2) is 6.45. The second-order valence-electron chi connectivity index (χ2n) is 5.78. The zero-order chi connectivity index (χ0) is 16.5. The Bertz CT molecular complexity index is 893. The number of nitrogens with zero attached hydrogens (tertiary/aromatic N) is 2. The summed E-state index contributed by atoms with van der Waals surface area (Å²) < 4.78 is 1.99. The molecule has 6 heteroatoms. The predicted octanol–water partition coefficient (Wildman–Crippen LogP) is 3.95. The van der Waals surface area contributed by atoms with Crippen LogP contribution in [-0.4, -0.2) is 23.2 Å². The van der Waals surface area contributed by atoms with Gasteiger partial charge >= 0.3 is 0 Å². The molecule has 3 aromatic rings. The SMILES string of the molecule is Nc1ccc2sc(SC(C=O)N3CCCc4ccccc43)nc2c1. The number of carbonyl (C=O) groups is 1. The van der Waals surface area contributed by atoms with E-state index in [4.69, 9.17) is 5.73 Å². The summed E-state index contributed by atoms with van der Waals surface area (Å²) >= 11 is 3.12. The maximum Gasteiger partial charge on any atom is 0.153 e. The summed E-state index contributed by atoms with van der Waals surface area (Å²) in [5.41, 5.74) is 9.91. The van der Waals surface area contributed by atoms with Gasteiger partial charge in [-0.05, 0) is 42.7 Å². The Morgan fingerprint density at radius 3 is 3.04 bits per heavy atom. The molecule has 1 aromatic heterocycles. The number of rotatable bonds is 4. The molecule has 4 rings (SSSR count). The van der Waals surface area contributed by atoms with Crippen LogP contribution in [0.25, 0.3) is 10.2 Å². The maximum absolute atomic E-state index is 11.8. The van der Waals surface area contributed by atoms with Crippen molar-refractivity contribution < 1.29 is 4.79 Å². The molecular formula is C18H17N3OS2. The fourth-order valence-electron chi connectivity index (χ4n) is 3.07. The van der Waals surface area contributed by atoms with Crippen LogP contribution < -0.4 is 10.6 Å². The van der Waals surface area contributed by atoms with Crippen LogP contribution >= 0.6 is 23.1 Å². The van der Waals surface area contributed by atoms with Crippen LogP contribution in [0.1, 0.15) is 12.0 Å². The largest absolute Gasteiger partial charge is 0.399 e. The Balaban J connectivity index is 1.63. The van der Waals surface area contributed by atoms with Crippen LogP contribution in [0.2, 0.25) is 0 Å². The molecule has 122 valence electrons. The minimum atomic E-state index is -0.260. The van der Waals surface area contributed by atoms with Gasteiger partial charge < -0.3 is 15.4 Å². The third-order valence-corrected chi connectivity index (χ3v) is 6.45. The van der Waals surface area contributed by atoms with E-state index in [2.05, 4.69) is 28.1 Å². The summed E-state index contributed by atoms with van der Waals surface area (Å²) in [6.45, 7) is 0.894. The lowest BCUT2D eigenvalue weighted by molar-refractivity contribution is -0.107. The lowest BCUT2D eigenvalue weighted by atomic mass is 10.0. The van der Waals surface area contributed by atoms with Crippen molar-refractivity contribution in [1.82, 2.24) is 4.98 Å². The summed E-state index contributed by atoms with van der Waals surface area (Å²) in [6, 6.07) is 14.1. The van der Waals surface area contributed by atoms with Gasteiger partial charge in [0.05, 0.1) is 10.2 Å². The highest BCUT2D eigenvalue weighted by molar-refractivity contribution is 8.02. The Labute approximate surface area is 148 Å². The van der Waals surface area contributed by atoms with E-state index in [1.54, 1.807) is 11.3 Å². The van der Waals surface area contributed by atoms with E-state index >= 15 is 0 Å². The van der Waals surface area contributed by atoms with Crippen molar-refractivity contribution >= 4 is 51.0 Å². The maximum atomic E-state index is 11.8.